The Kier molecular flexibility index (Phi) is 5.83. The second kappa shape index (κ2) is 8.48. The number of benzene rings is 1. The smallest absolute Gasteiger partial charge is 0.233 e. The number of piperidine rings is 2. The lowest BCUT2D eigenvalue weighted by atomic mass is 10.1. The van der Waals surface area contributed by atoms with Gasteiger partial charge in [0, 0.05) is 31.9 Å². The number of anilines is 4. The van der Waals surface area contributed by atoms with Gasteiger partial charge in [-0.3, -0.25) is 0 Å². The van der Waals surface area contributed by atoms with E-state index in [9.17, 15) is 0 Å². The second-order valence-corrected chi connectivity index (χ2v) is 7.92. The Hall–Kier alpha value is -1.79. The second-order valence-electron chi connectivity index (χ2n) is 7.11. The van der Waals surface area contributed by atoms with Crippen molar-refractivity contribution in [1.29, 1.82) is 0 Å². The molecule has 3 heterocycles. The van der Waals surface area contributed by atoms with E-state index in [0.29, 0.717) is 16.0 Å². The van der Waals surface area contributed by atoms with E-state index < -0.39 is 0 Å². The first-order chi connectivity index (χ1) is 13.2. The molecule has 8 heteroatoms. The van der Waals surface area contributed by atoms with Crippen LogP contribution in [0.1, 0.15) is 38.5 Å². The summed E-state index contributed by atoms with van der Waals surface area (Å²) < 4.78 is 0. The highest BCUT2D eigenvalue weighted by atomic mass is 35.5. The van der Waals surface area contributed by atoms with E-state index in [-0.39, 0.29) is 0 Å². The zero-order valence-corrected chi connectivity index (χ0v) is 16.8. The summed E-state index contributed by atoms with van der Waals surface area (Å²) in [6, 6.07) is 5.43. The molecule has 0 aliphatic carbocycles. The maximum Gasteiger partial charge on any atom is 0.233 e. The van der Waals surface area contributed by atoms with Gasteiger partial charge in [-0.15, -0.1) is 0 Å². The lowest BCUT2D eigenvalue weighted by Crippen LogP contribution is -2.34. The van der Waals surface area contributed by atoms with Crippen molar-refractivity contribution in [1.82, 2.24) is 15.0 Å². The Morgan fingerprint density at radius 2 is 1.26 bits per heavy atom. The summed E-state index contributed by atoms with van der Waals surface area (Å²) in [7, 11) is 0. The van der Waals surface area contributed by atoms with Crippen molar-refractivity contribution in [2.75, 3.05) is 41.3 Å². The summed E-state index contributed by atoms with van der Waals surface area (Å²) in [4.78, 5) is 18.7. The molecular weight excluding hydrogens is 383 g/mol. The Labute approximate surface area is 169 Å². The quantitative estimate of drug-likeness (QED) is 0.778. The van der Waals surface area contributed by atoms with Crippen LogP contribution in [0.25, 0.3) is 0 Å². The highest BCUT2D eigenvalue weighted by Gasteiger charge is 2.20. The van der Waals surface area contributed by atoms with E-state index >= 15 is 0 Å². The zero-order valence-electron chi connectivity index (χ0n) is 15.3. The van der Waals surface area contributed by atoms with Crippen molar-refractivity contribution in [3.8, 4) is 0 Å². The Morgan fingerprint density at radius 3 is 1.78 bits per heavy atom. The Balaban J connectivity index is 1.64. The third-order valence-electron chi connectivity index (χ3n) is 5.07. The predicted molar refractivity (Wildman–Crippen MR) is 112 cm³/mol. The average Bonchev–Trinajstić information content (AvgIpc) is 2.72. The van der Waals surface area contributed by atoms with E-state index in [1.54, 1.807) is 12.1 Å². The van der Waals surface area contributed by atoms with Gasteiger partial charge in [0.25, 0.3) is 0 Å². The van der Waals surface area contributed by atoms with Crippen molar-refractivity contribution in [3.05, 3.63) is 28.2 Å². The number of hydrogen-bond donors (Lipinski definition) is 1. The molecular formula is C19H24Cl2N6. The molecule has 1 N–H and O–H groups in total. The maximum atomic E-state index is 6.14. The number of nitrogens with zero attached hydrogens (tertiary/aromatic N) is 5. The molecule has 4 rings (SSSR count). The summed E-state index contributed by atoms with van der Waals surface area (Å²) >= 11 is 12.2. The molecule has 0 saturated carbocycles. The molecule has 0 amide bonds. The lowest BCUT2D eigenvalue weighted by molar-refractivity contribution is 0.556. The molecule has 2 fully saturated rings. The molecule has 0 radical (unpaired) electrons. The van der Waals surface area contributed by atoms with Crippen LogP contribution in [0, 0.1) is 0 Å². The van der Waals surface area contributed by atoms with E-state index in [1.165, 1.54) is 38.5 Å². The minimum absolute atomic E-state index is 0.503. The molecule has 0 atom stereocenters. The van der Waals surface area contributed by atoms with Gasteiger partial charge in [-0.05, 0) is 56.7 Å². The van der Waals surface area contributed by atoms with E-state index in [0.717, 1.165) is 43.8 Å². The summed E-state index contributed by atoms with van der Waals surface area (Å²) in [5.74, 6) is 2.06. The van der Waals surface area contributed by atoms with Crippen LogP contribution in [0.15, 0.2) is 18.2 Å². The van der Waals surface area contributed by atoms with Gasteiger partial charge in [0.15, 0.2) is 0 Å². The molecule has 2 aromatic rings. The van der Waals surface area contributed by atoms with Gasteiger partial charge in [-0.1, -0.05) is 23.2 Å². The number of rotatable bonds is 4. The van der Waals surface area contributed by atoms with Gasteiger partial charge in [0.2, 0.25) is 17.8 Å². The number of hydrogen-bond acceptors (Lipinski definition) is 6. The van der Waals surface area contributed by atoms with Crippen LogP contribution in [0.5, 0.6) is 0 Å². The number of halogens is 2. The highest BCUT2D eigenvalue weighted by molar-refractivity contribution is 6.42. The minimum Gasteiger partial charge on any atom is -0.341 e. The van der Waals surface area contributed by atoms with Crippen molar-refractivity contribution in [2.24, 2.45) is 0 Å². The van der Waals surface area contributed by atoms with Gasteiger partial charge in [-0.2, -0.15) is 15.0 Å². The van der Waals surface area contributed by atoms with Crippen LogP contribution >= 0.6 is 23.2 Å². The first-order valence-electron chi connectivity index (χ1n) is 9.67. The predicted octanol–water partition coefficient (Wildman–Crippen LogP) is 4.90. The first-order valence-corrected chi connectivity index (χ1v) is 10.4. The zero-order chi connectivity index (χ0) is 18.6. The van der Waals surface area contributed by atoms with Crippen LogP contribution in [0.3, 0.4) is 0 Å². The van der Waals surface area contributed by atoms with Crippen molar-refractivity contribution in [3.63, 3.8) is 0 Å². The molecule has 2 saturated heterocycles. The molecule has 0 spiro atoms. The SMILES string of the molecule is Clc1ccc(Nc2nc(N3CCCCC3)nc(N3CCCCC3)n2)cc1Cl. The maximum absolute atomic E-state index is 6.14. The highest BCUT2D eigenvalue weighted by Crippen LogP contribution is 2.28. The fraction of sp³-hybridized carbons (Fsp3) is 0.526. The van der Waals surface area contributed by atoms with Crippen molar-refractivity contribution in [2.45, 2.75) is 38.5 Å². The molecule has 6 nitrogen and oxygen atoms in total. The van der Waals surface area contributed by atoms with Crippen LogP contribution in [-0.2, 0) is 0 Å². The molecule has 2 aliphatic rings. The van der Waals surface area contributed by atoms with Gasteiger partial charge >= 0.3 is 0 Å². The van der Waals surface area contributed by atoms with Crippen molar-refractivity contribution < 1.29 is 0 Å². The number of nitrogens with one attached hydrogen (secondary N) is 1. The summed E-state index contributed by atoms with van der Waals surface area (Å²) in [6.07, 6.45) is 7.27. The third-order valence-corrected chi connectivity index (χ3v) is 5.80. The van der Waals surface area contributed by atoms with Gasteiger partial charge in [0.05, 0.1) is 10.0 Å². The monoisotopic (exact) mass is 406 g/mol. The van der Waals surface area contributed by atoms with E-state index in [1.807, 2.05) is 6.07 Å². The minimum atomic E-state index is 0.503. The molecule has 2 aliphatic heterocycles. The topological polar surface area (TPSA) is 57.2 Å². The molecule has 1 aromatic carbocycles. The fourth-order valence-electron chi connectivity index (χ4n) is 3.58. The van der Waals surface area contributed by atoms with Crippen molar-refractivity contribution >= 4 is 46.7 Å². The van der Waals surface area contributed by atoms with E-state index in [2.05, 4.69) is 25.1 Å². The summed E-state index contributed by atoms with van der Waals surface area (Å²) in [5.41, 5.74) is 0.810. The van der Waals surface area contributed by atoms with Crippen LogP contribution in [0.4, 0.5) is 23.5 Å². The lowest BCUT2D eigenvalue weighted by Gasteiger charge is -2.30. The first kappa shape index (κ1) is 18.6. The van der Waals surface area contributed by atoms with Crippen LogP contribution in [-0.4, -0.2) is 41.1 Å². The molecule has 1 aromatic heterocycles. The molecule has 0 bridgehead atoms. The molecule has 27 heavy (non-hydrogen) atoms. The van der Waals surface area contributed by atoms with Gasteiger partial charge in [0.1, 0.15) is 0 Å². The summed E-state index contributed by atoms with van der Waals surface area (Å²) in [6.45, 7) is 3.98. The molecule has 144 valence electrons. The third kappa shape index (κ3) is 4.55. The largest absolute Gasteiger partial charge is 0.341 e. The number of aromatic nitrogens is 3. The summed E-state index contributed by atoms with van der Waals surface area (Å²) in [5, 5.41) is 4.30. The average molecular weight is 407 g/mol. The standard InChI is InChI=1S/C19H24Cl2N6/c20-15-8-7-14(13-16(15)21)22-17-23-18(26-9-3-1-4-10-26)25-19(24-17)27-11-5-2-6-12-27/h7-8,13H,1-6,9-12H2,(H,22,23,24,25). The Morgan fingerprint density at radius 1 is 0.704 bits per heavy atom. The Bertz CT molecular complexity index is 752. The van der Waals surface area contributed by atoms with Gasteiger partial charge in [-0.25, -0.2) is 0 Å². The molecule has 0 unspecified atom stereocenters. The van der Waals surface area contributed by atoms with Crippen LogP contribution in [0.2, 0.25) is 10.0 Å². The van der Waals surface area contributed by atoms with Crippen LogP contribution < -0.4 is 15.1 Å². The fourth-order valence-corrected chi connectivity index (χ4v) is 3.88. The normalized spacial score (nSPS) is 17.9. The van der Waals surface area contributed by atoms with Gasteiger partial charge < -0.3 is 15.1 Å². The van der Waals surface area contributed by atoms with E-state index in [4.69, 9.17) is 28.2 Å².